The Morgan fingerprint density at radius 3 is 2.52 bits per heavy atom. The van der Waals surface area contributed by atoms with E-state index in [1.165, 1.54) is 32.4 Å². The van der Waals surface area contributed by atoms with Crippen LogP contribution in [0.3, 0.4) is 0 Å². The molecular formula is C23H27ClN4O. The van der Waals surface area contributed by atoms with Crippen LogP contribution in [0.15, 0.2) is 41.5 Å². The minimum Gasteiger partial charge on any atom is -0.490 e. The molecule has 1 atom stereocenters. The number of hydrogen-bond donors (Lipinski definition) is 0. The van der Waals surface area contributed by atoms with Crippen LogP contribution in [0.2, 0.25) is 5.15 Å². The molecule has 3 heterocycles. The summed E-state index contributed by atoms with van der Waals surface area (Å²) in [5, 5.41) is 2.35. The van der Waals surface area contributed by atoms with E-state index in [2.05, 4.69) is 52.2 Å². The SMILES string of the molecule is CC1N=c2cnc(Cl)cc2=CN1c1ccc(OC2CCN(C3CCC3)CC2)cc1. The molecule has 5 rings (SSSR count). The van der Waals surface area contributed by atoms with Crippen LogP contribution in [0.25, 0.3) is 6.20 Å². The molecule has 0 bridgehead atoms. The summed E-state index contributed by atoms with van der Waals surface area (Å²) < 4.78 is 6.27. The summed E-state index contributed by atoms with van der Waals surface area (Å²) >= 11 is 6.05. The quantitative estimate of drug-likeness (QED) is 0.725. The first-order chi connectivity index (χ1) is 14.2. The van der Waals surface area contributed by atoms with Crippen molar-refractivity contribution in [3.8, 4) is 5.75 Å². The molecule has 3 aliphatic rings. The van der Waals surface area contributed by atoms with Crippen molar-refractivity contribution in [3.05, 3.63) is 52.3 Å². The first-order valence-corrected chi connectivity index (χ1v) is 11.0. The predicted octanol–water partition coefficient (Wildman–Crippen LogP) is 3.35. The van der Waals surface area contributed by atoms with E-state index >= 15 is 0 Å². The zero-order valence-electron chi connectivity index (χ0n) is 16.8. The van der Waals surface area contributed by atoms with Gasteiger partial charge in [0.1, 0.15) is 23.2 Å². The number of rotatable bonds is 4. The second-order valence-corrected chi connectivity index (χ2v) is 8.68. The summed E-state index contributed by atoms with van der Waals surface area (Å²) in [5.74, 6) is 0.949. The lowest BCUT2D eigenvalue weighted by molar-refractivity contribution is 0.0493. The summed E-state index contributed by atoms with van der Waals surface area (Å²) in [6, 6.07) is 11.1. The van der Waals surface area contributed by atoms with Crippen LogP contribution >= 0.6 is 11.6 Å². The van der Waals surface area contributed by atoms with Gasteiger partial charge in [-0.05, 0) is 62.9 Å². The second-order valence-electron chi connectivity index (χ2n) is 8.29. The number of anilines is 1. The van der Waals surface area contributed by atoms with Crippen molar-refractivity contribution in [1.29, 1.82) is 0 Å². The van der Waals surface area contributed by atoms with Crippen LogP contribution in [0.5, 0.6) is 5.75 Å². The average molecular weight is 411 g/mol. The number of fused-ring (bicyclic) bond motifs is 1. The molecule has 152 valence electrons. The molecule has 6 heteroatoms. The molecular weight excluding hydrogens is 384 g/mol. The van der Waals surface area contributed by atoms with Gasteiger partial charge >= 0.3 is 0 Å². The molecule has 29 heavy (non-hydrogen) atoms. The van der Waals surface area contributed by atoms with E-state index in [0.717, 1.165) is 40.9 Å². The van der Waals surface area contributed by atoms with Gasteiger partial charge in [-0.15, -0.1) is 0 Å². The summed E-state index contributed by atoms with van der Waals surface area (Å²) in [5.41, 5.74) is 1.09. The lowest BCUT2D eigenvalue weighted by Crippen LogP contribution is -2.46. The highest BCUT2D eigenvalue weighted by Crippen LogP contribution is 2.29. The van der Waals surface area contributed by atoms with Crippen molar-refractivity contribution < 1.29 is 4.74 Å². The molecule has 1 aromatic carbocycles. The Kier molecular flexibility index (Phi) is 5.18. The lowest BCUT2D eigenvalue weighted by atomic mass is 9.90. The van der Waals surface area contributed by atoms with Crippen LogP contribution in [0.1, 0.15) is 39.0 Å². The third-order valence-electron chi connectivity index (χ3n) is 6.39. The third kappa shape index (κ3) is 3.99. The summed E-state index contributed by atoms with van der Waals surface area (Å²) in [6.45, 7) is 4.42. The normalized spacial score (nSPS) is 23.0. The van der Waals surface area contributed by atoms with Crippen molar-refractivity contribution in [1.82, 2.24) is 9.88 Å². The molecule has 2 aromatic rings. The van der Waals surface area contributed by atoms with Gasteiger partial charge in [0, 0.05) is 36.2 Å². The van der Waals surface area contributed by atoms with E-state index in [1.807, 2.05) is 6.07 Å². The van der Waals surface area contributed by atoms with E-state index in [4.69, 9.17) is 21.3 Å². The van der Waals surface area contributed by atoms with Crippen molar-refractivity contribution in [2.45, 2.75) is 57.3 Å². The Labute approximate surface area is 176 Å². The molecule has 5 nitrogen and oxygen atoms in total. The molecule has 1 saturated heterocycles. The Morgan fingerprint density at radius 1 is 1.07 bits per heavy atom. The Bertz CT molecular complexity index is 981. The minimum absolute atomic E-state index is 0.00748. The van der Waals surface area contributed by atoms with Crippen LogP contribution in [-0.2, 0) is 0 Å². The van der Waals surface area contributed by atoms with Crippen molar-refractivity contribution in [2.75, 3.05) is 18.0 Å². The van der Waals surface area contributed by atoms with Crippen LogP contribution in [0.4, 0.5) is 5.69 Å². The standard InChI is InChI=1S/C23H27ClN4O/c1-16-26-22-14-25-23(24)13-17(22)15-28(16)19-5-7-20(8-6-19)29-21-9-11-27(12-10-21)18-3-2-4-18/h5-8,13-16,18,21H,2-4,9-12H2,1H3. The number of nitrogens with zero attached hydrogens (tertiary/aromatic N) is 4. The van der Waals surface area contributed by atoms with Gasteiger partial charge in [0.2, 0.25) is 0 Å². The summed E-state index contributed by atoms with van der Waals surface area (Å²) in [7, 11) is 0. The highest BCUT2D eigenvalue weighted by molar-refractivity contribution is 6.29. The highest BCUT2D eigenvalue weighted by atomic mass is 35.5. The zero-order valence-corrected chi connectivity index (χ0v) is 17.6. The fourth-order valence-electron chi connectivity index (χ4n) is 4.46. The Balaban J connectivity index is 1.24. The molecule has 0 spiro atoms. The first kappa shape index (κ1) is 18.9. The maximum Gasteiger partial charge on any atom is 0.129 e. The minimum atomic E-state index is 0.00748. The molecule has 0 N–H and O–H groups in total. The van der Waals surface area contributed by atoms with Gasteiger partial charge in [0.25, 0.3) is 0 Å². The molecule has 2 fully saturated rings. The van der Waals surface area contributed by atoms with E-state index in [-0.39, 0.29) is 6.17 Å². The highest BCUT2D eigenvalue weighted by Gasteiger charge is 2.29. The van der Waals surface area contributed by atoms with E-state index < -0.39 is 0 Å². The topological polar surface area (TPSA) is 41.0 Å². The lowest BCUT2D eigenvalue weighted by Gasteiger charge is -2.41. The molecule has 1 aromatic heterocycles. The predicted molar refractivity (Wildman–Crippen MR) is 116 cm³/mol. The smallest absolute Gasteiger partial charge is 0.129 e. The van der Waals surface area contributed by atoms with Gasteiger partial charge in [-0.25, -0.2) is 4.98 Å². The number of piperidine rings is 1. The number of ether oxygens (including phenoxy) is 1. The number of aromatic nitrogens is 1. The van der Waals surface area contributed by atoms with Gasteiger partial charge < -0.3 is 14.5 Å². The summed E-state index contributed by atoms with van der Waals surface area (Å²) in [4.78, 5) is 13.7. The van der Waals surface area contributed by atoms with E-state index in [0.29, 0.717) is 11.3 Å². The van der Waals surface area contributed by atoms with Crippen molar-refractivity contribution in [2.24, 2.45) is 4.99 Å². The van der Waals surface area contributed by atoms with Gasteiger partial charge in [-0.2, -0.15) is 0 Å². The molecule has 1 saturated carbocycles. The number of pyridine rings is 1. The fraction of sp³-hybridized carbons (Fsp3) is 0.478. The van der Waals surface area contributed by atoms with Gasteiger partial charge in [-0.1, -0.05) is 18.0 Å². The van der Waals surface area contributed by atoms with Gasteiger partial charge in [0.05, 0.1) is 11.6 Å². The Hall–Kier alpha value is -2.11. The number of halogens is 1. The van der Waals surface area contributed by atoms with E-state index in [9.17, 15) is 0 Å². The van der Waals surface area contributed by atoms with E-state index in [1.54, 1.807) is 6.20 Å². The fourth-order valence-corrected chi connectivity index (χ4v) is 4.63. The largest absolute Gasteiger partial charge is 0.490 e. The number of likely N-dealkylation sites (tertiary alicyclic amines) is 1. The average Bonchev–Trinajstić information content (AvgIpc) is 2.69. The van der Waals surface area contributed by atoms with Crippen molar-refractivity contribution >= 4 is 23.5 Å². The van der Waals surface area contributed by atoms with Crippen LogP contribution < -0.4 is 20.2 Å². The molecule has 0 amide bonds. The molecule has 1 unspecified atom stereocenters. The zero-order chi connectivity index (χ0) is 19.8. The van der Waals surface area contributed by atoms with Gasteiger partial charge in [0.15, 0.2) is 0 Å². The first-order valence-electron chi connectivity index (χ1n) is 10.7. The number of hydrogen-bond acceptors (Lipinski definition) is 5. The maximum atomic E-state index is 6.27. The monoisotopic (exact) mass is 410 g/mol. The Morgan fingerprint density at radius 2 is 1.83 bits per heavy atom. The van der Waals surface area contributed by atoms with Gasteiger partial charge in [-0.3, -0.25) is 4.99 Å². The number of benzene rings is 1. The molecule has 2 aliphatic heterocycles. The maximum absolute atomic E-state index is 6.27. The van der Waals surface area contributed by atoms with Crippen molar-refractivity contribution in [3.63, 3.8) is 0 Å². The molecule has 1 aliphatic carbocycles. The van der Waals surface area contributed by atoms with Crippen LogP contribution in [-0.4, -0.2) is 41.3 Å². The third-order valence-corrected chi connectivity index (χ3v) is 6.60. The second kappa shape index (κ2) is 7.96. The molecule has 0 radical (unpaired) electrons. The van der Waals surface area contributed by atoms with Crippen LogP contribution in [0, 0.1) is 0 Å². The summed E-state index contributed by atoms with van der Waals surface area (Å²) in [6.07, 6.45) is 10.6.